The van der Waals surface area contributed by atoms with E-state index < -0.39 is 0 Å². The number of nitriles is 1. The van der Waals surface area contributed by atoms with Gasteiger partial charge >= 0.3 is 0 Å². The molecule has 0 bridgehead atoms. The van der Waals surface area contributed by atoms with Crippen molar-refractivity contribution in [2.45, 2.75) is 20.8 Å². The van der Waals surface area contributed by atoms with Crippen LogP contribution < -0.4 is 4.90 Å². The number of pyridine rings is 1. The van der Waals surface area contributed by atoms with Crippen molar-refractivity contribution in [3.8, 4) is 6.07 Å². The average molecular weight is 247 g/mol. The van der Waals surface area contributed by atoms with Gasteiger partial charge in [0.05, 0.1) is 12.2 Å². The number of ether oxygens (including phenoxy) is 1. The first kappa shape index (κ1) is 14.5. The van der Waals surface area contributed by atoms with Crippen LogP contribution >= 0.6 is 0 Å². The molecule has 0 N–H and O–H groups in total. The van der Waals surface area contributed by atoms with Gasteiger partial charge in [0.15, 0.2) is 0 Å². The van der Waals surface area contributed by atoms with Crippen LogP contribution in [-0.4, -0.2) is 31.8 Å². The summed E-state index contributed by atoms with van der Waals surface area (Å²) in [7, 11) is 1.68. The number of hydrogen-bond acceptors (Lipinski definition) is 4. The molecule has 0 saturated heterocycles. The fourth-order valence-corrected chi connectivity index (χ4v) is 1.85. The molecule has 0 radical (unpaired) electrons. The molecule has 1 aromatic rings. The van der Waals surface area contributed by atoms with E-state index in [-0.39, 0.29) is 0 Å². The Morgan fingerprint density at radius 2 is 2.22 bits per heavy atom. The number of aryl methyl sites for hydroxylation is 1. The first-order chi connectivity index (χ1) is 8.60. The fourth-order valence-electron chi connectivity index (χ4n) is 1.85. The van der Waals surface area contributed by atoms with E-state index in [1.807, 2.05) is 13.0 Å². The van der Waals surface area contributed by atoms with Crippen LogP contribution in [0.15, 0.2) is 12.3 Å². The number of rotatable bonds is 6. The van der Waals surface area contributed by atoms with E-state index in [9.17, 15) is 5.26 Å². The molecule has 1 aromatic heterocycles. The van der Waals surface area contributed by atoms with Crippen LogP contribution in [0.2, 0.25) is 0 Å². The normalized spacial score (nSPS) is 10.4. The lowest BCUT2D eigenvalue weighted by Gasteiger charge is -2.26. The molecule has 18 heavy (non-hydrogen) atoms. The molecule has 0 aromatic carbocycles. The molecule has 1 heterocycles. The molecule has 1 rings (SSSR count). The van der Waals surface area contributed by atoms with Crippen LogP contribution in [0.4, 0.5) is 5.82 Å². The van der Waals surface area contributed by atoms with Crippen molar-refractivity contribution in [1.29, 1.82) is 5.26 Å². The van der Waals surface area contributed by atoms with Gasteiger partial charge in [0.25, 0.3) is 0 Å². The van der Waals surface area contributed by atoms with Crippen molar-refractivity contribution in [3.63, 3.8) is 0 Å². The van der Waals surface area contributed by atoms with Crippen molar-refractivity contribution in [2.24, 2.45) is 5.92 Å². The standard InChI is InChI=1S/C14H21N3O/c1-11(2)10-17(7-8-18-4)14-13(9-15)12(3)5-6-16-14/h5-6,11H,7-8,10H2,1-4H3. The van der Waals surface area contributed by atoms with Crippen LogP contribution in [0.25, 0.3) is 0 Å². The Morgan fingerprint density at radius 1 is 1.50 bits per heavy atom. The zero-order valence-corrected chi connectivity index (χ0v) is 11.6. The summed E-state index contributed by atoms with van der Waals surface area (Å²) < 4.78 is 5.13. The first-order valence-corrected chi connectivity index (χ1v) is 6.19. The van der Waals surface area contributed by atoms with Gasteiger partial charge in [-0.1, -0.05) is 13.8 Å². The van der Waals surface area contributed by atoms with Crippen LogP contribution in [0.5, 0.6) is 0 Å². The Morgan fingerprint density at radius 3 is 2.78 bits per heavy atom. The highest BCUT2D eigenvalue weighted by Gasteiger charge is 2.15. The smallest absolute Gasteiger partial charge is 0.146 e. The Balaban J connectivity index is 3.04. The highest BCUT2D eigenvalue weighted by molar-refractivity contribution is 5.57. The Hall–Kier alpha value is -1.60. The van der Waals surface area contributed by atoms with E-state index >= 15 is 0 Å². The third-order valence-electron chi connectivity index (χ3n) is 2.70. The molecular formula is C14H21N3O. The van der Waals surface area contributed by atoms with E-state index in [1.54, 1.807) is 13.3 Å². The van der Waals surface area contributed by atoms with Gasteiger partial charge < -0.3 is 9.64 Å². The first-order valence-electron chi connectivity index (χ1n) is 6.19. The summed E-state index contributed by atoms with van der Waals surface area (Å²) in [6.07, 6.45) is 1.76. The second kappa shape index (κ2) is 6.97. The molecule has 0 spiro atoms. The van der Waals surface area contributed by atoms with Crippen molar-refractivity contribution < 1.29 is 4.74 Å². The zero-order valence-electron chi connectivity index (χ0n) is 11.6. The molecule has 0 aliphatic heterocycles. The maximum absolute atomic E-state index is 9.26. The van der Waals surface area contributed by atoms with Gasteiger partial charge in [-0.05, 0) is 24.5 Å². The van der Waals surface area contributed by atoms with Gasteiger partial charge in [-0.15, -0.1) is 0 Å². The fraction of sp³-hybridized carbons (Fsp3) is 0.571. The summed E-state index contributed by atoms with van der Waals surface area (Å²) in [6.45, 7) is 8.50. The van der Waals surface area contributed by atoms with Gasteiger partial charge in [0.2, 0.25) is 0 Å². The number of hydrogen-bond donors (Lipinski definition) is 0. The van der Waals surface area contributed by atoms with Gasteiger partial charge in [-0.25, -0.2) is 4.98 Å². The second-order valence-corrected chi connectivity index (χ2v) is 4.77. The Bertz CT molecular complexity index is 424. The molecule has 0 aliphatic rings. The predicted octanol–water partition coefficient (Wildman–Crippen LogP) is 2.37. The maximum Gasteiger partial charge on any atom is 0.146 e. The molecule has 0 aliphatic carbocycles. The van der Waals surface area contributed by atoms with Gasteiger partial charge in [0.1, 0.15) is 11.9 Å². The zero-order chi connectivity index (χ0) is 13.5. The third kappa shape index (κ3) is 3.71. The molecule has 0 amide bonds. The number of nitrogens with zero attached hydrogens (tertiary/aromatic N) is 3. The second-order valence-electron chi connectivity index (χ2n) is 4.77. The molecule has 98 valence electrons. The largest absolute Gasteiger partial charge is 0.383 e. The van der Waals surface area contributed by atoms with Crippen molar-refractivity contribution in [1.82, 2.24) is 4.98 Å². The van der Waals surface area contributed by atoms with E-state index in [0.29, 0.717) is 18.1 Å². The lowest BCUT2D eigenvalue weighted by Crippen LogP contribution is -2.32. The molecular weight excluding hydrogens is 226 g/mol. The molecule has 0 saturated carbocycles. The number of anilines is 1. The molecule has 0 atom stereocenters. The maximum atomic E-state index is 9.26. The van der Waals surface area contributed by atoms with Gasteiger partial charge in [0, 0.05) is 26.4 Å². The van der Waals surface area contributed by atoms with Crippen molar-refractivity contribution >= 4 is 5.82 Å². The van der Waals surface area contributed by atoms with Crippen molar-refractivity contribution in [3.05, 3.63) is 23.4 Å². The Kier molecular flexibility index (Phi) is 5.60. The van der Waals surface area contributed by atoms with E-state index in [2.05, 4.69) is 29.8 Å². The van der Waals surface area contributed by atoms with Crippen LogP contribution in [0.1, 0.15) is 25.0 Å². The molecule has 0 unspecified atom stereocenters. The summed E-state index contributed by atoms with van der Waals surface area (Å²) in [5.41, 5.74) is 1.63. The highest BCUT2D eigenvalue weighted by atomic mass is 16.5. The summed E-state index contributed by atoms with van der Waals surface area (Å²) in [4.78, 5) is 6.49. The minimum atomic E-state index is 0.510. The summed E-state index contributed by atoms with van der Waals surface area (Å²) >= 11 is 0. The number of methoxy groups -OCH3 is 1. The summed E-state index contributed by atoms with van der Waals surface area (Å²) in [5.74, 6) is 1.28. The van der Waals surface area contributed by atoms with Crippen molar-refractivity contribution in [2.75, 3.05) is 31.7 Å². The highest BCUT2D eigenvalue weighted by Crippen LogP contribution is 2.20. The average Bonchev–Trinajstić information content (AvgIpc) is 2.33. The predicted molar refractivity (Wildman–Crippen MR) is 72.6 cm³/mol. The summed E-state index contributed by atoms with van der Waals surface area (Å²) in [5, 5.41) is 9.26. The minimum absolute atomic E-state index is 0.510. The van der Waals surface area contributed by atoms with E-state index in [4.69, 9.17) is 4.74 Å². The van der Waals surface area contributed by atoms with Gasteiger partial charge in [-0.3, -0.25) is 0 Å². The Labute approximate surface area is 109 Å². The van der Waals surface area contributed by atoms with Crippen LogP contribution in [0.3, 0.4) is 0 Å². The van der Waals surface area contributed by atoms with E-state index in [1.165, 1.54) is 0 Å². The lowest BCUT2D eigenvalue weighted by molar-refractivity contribution is 0.204. The topological polar surface area (TPSA) is 49.1 Å². The monoisotopic (exact) mass is 247 g/mol. The quantitative estimate of drug-likeness (QED) is 0.774. The SMILES string of the molecule is COCCN(CC(C)C)c1nccc(C)c1C#N. The molecule has 0 fully saturated rings. The van der Waals surface area contributed by atoms with E-state index in [0.717, 1.165) is 24.5 Å². The van der Waals surface area contributed by atoms with Crippen LogP contribution in [0, 0.1) is 24.2 Å². The molecule has 4 nitrogen and oxygen atoms in total. The lowest BCUT2D eigenvalue weighted by atomic mass is 10.1. The van der Waals surface area contributed by atoms with Crippen LogP contribution in [-0.2, 0) is 4.74 Å². The number of aromatic nitrogens is 1. The summed E-state index contributed by atoms with van der Waals surface area (Å²) in [6, 6.07) is 4.12. The molecule has 4 heteroatoms. The minimum Gasteiger partial charge on any atom is -0.383 e. The van der Waals surface area contributed by atoms with Gasteiger partial charge in [-0.2, -0.15) is 5.26 Å². The third-order valence-corrected chi connectivity index (χ3v) is 2.70.